The summed E-state index contributed by atoms with van der Waals surface area (Å²) in [7, 11) is 0. The SMILES string of the molecule is CCc1c2c(nc3ccc(C)cc13)-c1cc3c(c(=O)n1C2)COC(=O)[C@@]3(CC)OC(=O)CCC(=O)COCCOC(C)COCCOCC(=O)NCC(=O)O[C@]1(CC)C(=O)OCc2c1cc1n(c2=O)Cc2c-1nc1ccc(C)cc1c2CC. The van der Waals surface area contributed by atoms with Crippen LogP contribution >= 0.6 is 0 Å². The molecule has 4 aliphatic rings. The molecule has 0 aliphatic carbocycles. The van der Waals surface area contributed by atoms with Gasteiger partial charge in [-0.25, -0.2) is 19.6 Å². The topological polar surface area (TPSA) is 258 Å². The van der Waals surface area contributed by atoms with Gasteiger partial charge in [-0.3, -0.25) is 28.8 Å². The summed E-state index contributed by atoms with van der Waals surface area (Å²) < 4.78 is 48.2. The maximum Gasteiger partial charge on any atom is 0.355 e. The molecule has 0 spiro atoms. The van der Waals surface area contributed by atoms with Gasteiger partial charge in [-0.05, 0) is 94.0 Å². The van der Waals surface area contributed by atoms with Gasteiger partial charge in [0.15, 0.2) is 5.78 Å². The van der Waals surface area contributed by atoms with E-state index in [1.807, 2.05) is 38.1 Å². The summed E-state index contributed by atoms with van der Waals surface area (Å²) in [6.07, 6.45) is 0.468. The number of nitrogens with zero attached hydrogens (tertiary/aromatic N) is 4. The van der Waals surface area contributed by atoms with E-state index in [0.29, 0.717) is 35.9 Å². The molecule has 10 rings (SSSR count). The van der Waals surface area contributed by atoms with Crippen LogP contribution in [0.4, 0.5) is 0 Å². The number of hydrogen-bond acceptors (Lipinski definition) is 18. The number of carbonyl (C=O) groups is 6. The average Bonchev–Trinajstić information content (AvgIpc) is 2.68. The molecule has 3 atom stereocenters. The third kappa shape index (κ3) is 11.0. The molecule has 21 heteroatoms. The number of amides is 1. The van der Waals surface area contributed by atoms with Crippen molar-refractivity contribution in [3.05, 3.63) is 125 Å². The summed E-state index contributed by atoms with van der Waals surface area (Å²) in [5.74, 6) is -4.34. The van der Waals surface area contributed by atoms with Gasteiger partial charge in [0.2, 0.25) is 17.1 Å². The molecule has 436 valence electrons. The van der Waals surface area contributed by atoms with Crippen LogP contribution in [0.2, 0.25) is 0 Å². The van der Waals surface area contributed by atoms with Gasteiger partial charge < -0.3 is 52.3 Å². The normalized spacial score (nSPS) is 17.6. The number of benzene rings is 2. The van der Waals surface area contributed by atoms with Crippen molar-refractivity contribution in [3.8, 4) is 22.8 Å². The van der Waals surface area contributed by atoms with Crippen LogP contribution in [0.5, 0.6) is 0 Å². The van der Waals surface area contributed by atoms with E-state index in [4.69, 9.17) is 47.9 Å². The number of fused-ring (bicyclic) bond motifs is 10. The van der Waals surface area contributed by atoms with Gasteiger partial charge in [0.1, 0.15) is 33.0 Å². The number of ketones is 1. The van der Waals surface area contributed by atoms with E-state index in [9.17, 15) is 38.4 Å². The standard InChI is InChI=1S/C62H67N5O16/c1-8-38-40-22-34(5)12-15-48(40)64-55-42(38)27-66-50(55)24-46-44(57(66)72)31-80-59(74)61(46,10-3)82-53(70)17-14-37(68)30-77-20-21-79-36(7)29-76-18-19-78-33-52(69)63-26-54(71)83-62(11-4)47-25-51-56-43(28-67(51)58(73)45(47)32-81-60(62)75)39(9-2)41-23-35(6)13-16-49(41)65-56/h12-13,15-16,22-25,36H,8-11,14,17-21,26-33H2,1-7H3,(H,63,69)/t36?,61-,62-/m0/s1. The third-order valence-corrected chi connectivity index (χ3v) is 16.0. The van der Waals surface area contributed by atoms with E-state index >= 15 is 0 Å². The second kappa shape index (κ2) is 24.1. The molecule has 0 fully saturated rings. The number of cyclic esters (lactones) is 2. The molecule has 1 unspecified atom stereocenters. The molecule has 83 heavy (non-hydrogen) atoms. The summed E-state index contributed by atoms with van der Waals surface area (Å²) in [6.45, 7) is 12.6. The molecule has 21 nitrogen and oxygen atoms in total. The molecular weight excluding hydrogens is 1070 g/mol. The average molecular weight is 1140 g/mol. The van der Waals surface area contributed by atoms with Crippen LogP contribution < -0.4 is 16.4 Å². The molecule has 6 aromatic rings. The highest BCUT2D eigenvalue weighted by Gasteiger charge is 2.52. The number of Topliss-reactive ketones (excluding diaryl/α,β-unsaturated/α-hetero) is 1. The van der Waals surface area contributed by atoms with E-state index in [1.54, 1.807) is 42.0 Å². The number of rotatable bonds is 24. The number of nitrogens with one attached hydrogen (secondary N) is 1. The highest BCUT2D eigenvalue weighted by atomic mass is 16.6. The molecule has 0 saturated carbocycles. The molecule has 1 amide bonds. The predicted octanol–water partition coefficient (Wildman–Crippen LogP) is 5.94. The minimum absolute atomic E-state index is 0.0121. The van der Waals surface area contributed by atoms with Crippen molar-refractivity contribution in [3.63, 3.8) is 0 Å². The van der Waals surface area contributed by atoms with Crippen LogP contribution in [-0.4, -0.2) is 114 Å². The molecule has 4 aliphatic heterocycles. The summed E-state index contributed by atoms with van der Waals surface area (Å²) in [4.78, 5) is 117. The van der Waals surface area contributed by atoms with Gasteiger partial charge in [-0.1, -0.05) is 51.0 Å². The van der Waals surface area contributed by atoms with Gasteiger partial charge in [-0.15, -0.1) is 0 Å². The first-order chi connectivity index (χ1) is 39.9. The summed E-state index contributed by atoms with van der Waals surface area (Å²) >= 11 is 0. The van der Waals surface area contributed by atoms with E-state index < -0.39 is 54.1 Å². The Morgan fingerprint density at radius 1 is 0.627 bits per heavy atom. The van der Waals surface area contributed by atoms with Crippen LogP contribution in [0.3, 0.4) is 0 Å². The minimum atomic E-state index is -1.93. The number of esters is 4. The van der Waals surface area contributed by atoms with Gasteiger partial charge in [0, 0.05) is 39.4 Å². The quantitative estimate of drug-likeness (QED) is 0.0417. The Kier molecular flexibility index (Phi) is 16.9. The van der Waals surface area contributed by atoms with Crippen LogP contribution in [0.15, 0.2) is 58.1 Å². The highest BCUT2D eigenvalue weighted by molar-refractivity contribution is 5.93. The molecule has 2 aromatic carbocycles. The molecule has 8 heterocycles. The maximum absolute atomic E-state index is 14.1. The Bertz CT molecular complexity index is 3770. The molecule has 4 aromatic heterocycles. The lowest BCUT2D eigenvalue weighted by Gasteiger charge is -2.35. The predicted molar refractivity (Wildman–Crippen MR) is 300 cm³/mol. The second-order valence-electron chi connectivity index (χ2n) is 21.3. The summed E-state index contributed by atoms with van der Waals surface area (Å²) in [5.41, 5.74) is 6.51. The Hall–Kier alpha value is -7.98. The smallest absolute Gasteiger partial charge is 0.355 e. The van der Waals surface area contributed by atoms with Gasteiger partial charge in [-0.2, -0.15) is 0 Å². The Labute approximate surface area is 477 Å². The van der Waals surface area contributed by atoms with E-state index in [0.717, 1.165) is 68.0 Å². The fourth-order valence-corrected chi connectivity index (χ4v) is 11.8. The first-order valence-electron chi connectivity index (χ1n) is 28.3. The lowest BCUT2D eigenvalue weighted by atomic mass is 9.85. The minimum Gasteiger partial charge on any atom is -0.457 e. The van der Waals surface area contributed by atoms with E-state index in [1.165, 1.54) is 0 Å². The fourth-order valence-electron chi connectivity index (χ4n) is 11.8. The van der Waals surface area contributed by atoms with Crippen molar-refractivity contribution in [2.24, 2.45) is 0 Å². The van der Waals surface area contributed by atoms with Crippen molar-refractivity contribution in [2.45, 2.75) is 131 Å². The van der Waals surface area contributed by atoms with Crippen molar-refractivity contribution >= 4 is 57.4 Å². The Morgan fingerprint density at radius 2 is 1.12 bits per heavy atom. The largest absolute Gasteiger partial charge is 0.457 e. The zero-order chi connectivity index (χ0) is 58.9. The number of carbonyl (C=O) groups excluding carboxylic acids is 6. The number of pyridine rings is 4. The van der Waals surface area contributed by atoms with Crippen LogP contribution in [0.1, 0.15) is 116 Å². The summed E-state index contributed by atoms with van der Waals surface area (Å²) in [6, 6.07) is 15.5. The fraction of sp³-hybridized carbons (Fsp3) is 0.452. The zero-order valence-corrected chi connectivity index (χ0v) is 47.7. The van der Waals surface area contributed by atoms with E-state index in [-0.39, 0.29) is 124 Å². The molecule has 1 N–H and O–H groups in total. The third-order valence-electron chi connectivity index (χ3n) is 16.0. The molecule has 0 bridgehead atoms. The number of hydrogen-bond donors (Lipinski definition) is 1. The number of ether oxygens (including phenoxy) is 8. The van der Waals surface area contributed by atoms with Crippen LogP contribution in [0.25, 0.3) is 44.6 Å². The number of aromatic nitrogens is 4. The summed E-state index contributed by atoms with van der Waals surface area (Å²) in [5, 5.41) is 4.49. The monoisotopic (exact) mass is 1140 g/mol. The highest BCUT2D eigenvalue weighted by Crippen LogP contribution is 2.44. The van der Waals surface area contributed by atoms with Crippen molar-refractivity contribution in [1.82, 2.24) is 24.4 Å². The molecule has 0 radical (unpaired) electrons. The number of aryl methyl sites for hydroxylation is 4. The second-order valence-corrected chi connectivity index (χ2v) is 21.3. The first-order valence-corrected chi connectivity index (χ1v) is 28.3. The first kappa shape index (κ1) is 58.2. The van der Waals surface area contributed by atoms with Crippen molar-refractivity contribution in [1.29, 1.82) is 0 Å². The molecule has 0 saturated heterocycles. The Morgan fingerprint density at radius 3 is 1.64 bits per heavy atom. The van der Waals surface area contributed by atoms with Crippen LogP contribution in [-0.2, 0) is 117 Å². The van der Waals surface area contributed by atoms with Gasteiger partial charge in [0.05, 0.1) is 104 Å². The van der Waals surface area contributed by atoms with Crippen molar-refractivity contribution < 1.29 is 66.7 Å². The van der Waals surface area contributed by atoms with Crippen molar-refractivity contribution in [2.75, 3.05) is 52.8 Å². The molecular formula is C62H67N5O16. The zero-order valence-electron chi connectivity index (χ0n) is 47.7. The lowest BCUT2D eigenvalue weighted by molar-refractivity contribution is -0.189. The van der Waals surface area contributed by atoms with Gasteiger partial charge >= 0.3 is 23.9 Å². The lowest BCUT2D eigenvalue weighted by Crippen LogP contribution is -2.48. The van der Waals surface area contributed by atoms with E-state index in [2.05, 4.69) is 31.3 Å². The Balaban J connectivity index is 0.624. The maximum atomic E-state index is 14.1. The van der Waals surface area contributed by atoms with Crippen LogP contribution in [0, 0.1) is 13.8 Å². The van der Waals surface area contributed by atoms with Gasteiger partial charge in [0.25, 0.3) is 11.1 Å².